The van der Waals surface area contributed by atoms with Gasteiger partial charge in [-0.05, 0) is 60.5 Å². The van der Waals surface area contributed by atoms with Crippen LogP contribution in [0.15, 0.2) is 96.7 Å². The Morgan fingerprint density at radius 3 is 2.40 bits per heavy atom. The van der Waals surface area contributed by atoms with Gasteiger partial charge in [-0.15, -0.1) is 0 Å². The van der Waals surface area contributed by atoms with Crippen LogP contribution in [-0.4, -0.2) is 34.6 Å². The molecule has 2 amide bonds. The Kier molecular flexibility index (Phi) is 8.47. The lowest BCUT2D eigenvalue weighted by atomic mass is 9.91. The standard InChI is InChI=1S/C31H24F3N3O5/c1-3-14-42-29(40)26-19(2)37(25-9-5-8-24(16-25)31(32,33)34)30(41)36(18-21-6-4-7-23(15-21)28(38)39)27(26)22-12-10-20(17-35)11-13-22/h3-13,15-16,27H,1,14,18H2,2H3,(H,38,39). The van der Waals surface area contributed by atoms with Gasteiger partial charge in [0.05, 0.1) is 40.1 Å². The molecule has 1 unspecified atom stereocenters. The minimum absolute atomic E-state index is 0.0343. The van der Waals surface area contributed by atoms with Gasteiger partial charge in [-0.3, -0.25) is 4.90 Å². The van der Waals surface area contributed by atoms with Crippen LogP contribution in [0.25, 0.3) is 0 Å². The average molecular weight is 576 g/mol. The number of benzene rings is 3. The van der Waals surface area contributed by atoms with Crippen LogP contribution in [0.5, 0.6) is 0 Å². The summed E-state index contributed by atoms with van der Waals surface area (Å²) in [6.45, 7) is 4.58. The number of hydrogen-bond donors (Lipinski definition) is 1. The molecular formula is C31H24F3N3O5. The number of carbonyl (C=O) groups excluding carboxylic acids is 2. The average Bonchev–Trinajstić information content (AvgIpc) is 2.97. The van der Waals surface area contributed by atoms with Gasteiger partial charge in [0, 0.05) is 12.2 Å². The first kappa shape index (κ1) is 29.6. The van der Waals surface area contributed by atoms with E-state index >= 15 is 0 Å². The number of urea groups is 1. The predicted molar refractivity (Wildman–Crippen MR) is 146 cm³/mol. The number of amides is 2. The molecule has 0 saturated carbocycles. The molecule has 214 valence electrons. The van der Waals surface area contributed by atoms with Crippen molar-refractivity contribution < 1.29 is 37.4 Å². The molecule has 0 aliphatic carbocycles. The summed E-state index contributed by atoms with van der Waals surface area (Å²) in [5, 5.41) is 18.8. The van der Waals surface area contributed by atoms with Gasteiger partial charge in [0.1, 0.15) is 6.61 Å². The summed E-state index contributed by atoms with van der Waals surface area (Å²) < 4.78 is 46.2. The lowest BCUT2D eigenvalue weighted by molar-refractivity contribution is -0.139. The van der Waals surface area contributed by atoms with E-state index in [0.717, 1.165) is 23.1 Å². The van der Waals surface area contributed by atoms with E-state index < -0.39 is 35.8 Å². The van der Waals surface area contributed by atoms with Crippen molar-refractivity contribution in [3.8, 4) is 6.07 Å². The first-order valence-electron chi connectivity index (χ1n) is 12.5. The highest BCUT2D eigenvalue weighted by molar-refractivity contribution is 6.03. The molecule has 0 radical (unpaired) electrons. The van der Waals surface area contributed by atoms with Crippen molar-refractivity contribution in [1.82, 2.24) is 4.90 Å². The number of esters is 1. The fourth-order valence-corrected chi connectivity index (χ4v) is 4.70. The number of hydrogen-bond acceptors (Lipinski definition) is 5. The highest BCUT2D eigenvalue weighted by Gasteiger charge is 2.43. The molecule has 1 heterocycles. The van der Waals surface area contributed by atoms with Crippen LogP contribution in [0.1, 0.15) is 45.6 Å². The van der Waals surface area contributed by atoms with E-state index in [1.54, 1.807) is 18.2 Å². The maximum absolute atomic E-state index is 14.2. The van der Waals surface area contributed by atoms with Gasteiger partial charge >= 0.3 is 24.1 Å². The zero-order chi connectivity index (χ0) is 30.6. The van der Waals surface area contributed by atoms with E-state index in [1.165, 1.54) is 54.3 Å². The number of nitriles is 1. The molecular weight excluding hydrogens is 551 g/mol. The molecule has 1 N–H and O–H groups in total. The lowest BCUT2D eigenvalue weighted by Gasteiger charge is -2.43. The SMILES string of the molecule is C=CCOC(=O)C1=C(C)N(c2cccc(C(F)(F)F)c2)C(=O)N(Cc2cccc(C(=O)O)c2)C1c1ccc(C#N)cc1. The maximum Gasteiger partial charge on any atom is 0.416 e. The van der Waals surface area contributed by atoms with E-state index in [2.05, 4.69) is 6.58 Å². The molecule has 1 aliphatic rings. The van der Waals surface area contributed by atoms with Gasteiger partial charge < -0.3 is 14.7 Å². The number of aromatic carboxylic acids is 1. The second-order valence-electron chi connectivity index (χ2n) is 9.32. The third-order valence-corrected chi connectivity index (χ3v) is 6.61. The minimum atomic E-state index is -4.69. The highest BCUT2D eigenvalue weighted by Crippen LogP contribution is 2.42. The summed E-state index contributed by atoms with van der Waals surface area (Å²) in [6.07, 6.45) is -3.35. The van der Waals surface area contributed by atoms with Crippen LogP contribution < -0.4 is 4.90 Å². The number of rotatable bonds is 8. The number of halogens is 3. The second-order valence-corrected chi connectivity index (χ2v) is 9.32. The van der Waals surface area contributed by atoms with Crippen LogP contribution in [-0.2, 0) is 22.3 Å². The topological polar surface area (TPSA) is 111 Å². The Morgan fingerprint density at radius 2 is 1.79 bits per heavy atom. The van der Waals surface area contributed by atoms with Gasteiger partial charge in [-0.2, -0.15) is 18.4 Å². The van der Waals surface area contributed by atoms with Crippen LogP contribution in [0.3, 0.4) is 0 Å². The van der Waals surface area contributed by atoms with Gasteiger partial charge in [-0.25, -0.2) is 14.4 Å². The third-order valence-electron chi connectivity index (χ3n) is 6.61. The van der Waals surface area contributed by atoms with Gasteiger partial charge in [0.2, 0.25) is 0 Å². The van der Waals surface area contributed by atoms with E-state index in [9.17, 15) is 37.9 Å². The quantitative estimate of drug-likeness (QED) is 0.244. The zero-order valence-electron chi connectivity index (χ0n) is 22.3. The Balaban J connectivity index is 1.96. The number of alkyl halides is 3. The number of anilines is 1. The fourth-order valence-electron chi connectivity index (χ4n) is 4.70. The molecule has 8 nitrogen and oxygen atoms in total. The van der Waals surface area contributed by atoms with Crippen LogP contribution >= 0.6 is 0 Å². The largest absolute Gasteiger partial charge is 0.478 e. The van der Waals surface area contributed by atoms with Crippen molar-refractivity contribution in [3.05, 3.63) is 125 Å². The van der Waals surface area contributed by atoms with Crippen LogP contribution in [0, 0.1) is 11.3 Å². The van der Waals surface area contributed by atoms with E-state index in [4.69, 9.17) is 4.74 Å². The van der Waals surface area contributed by atoms with Crippen LogP contribution in [0.2, 0.25) is 0 Å². The van der Waals surface area contributed by atoms with Gasteiger partial charge in [0.25, 0.3) is 0 Å². The van der Waals surface area contributed by atoms with E-state index in [0.29, 0.717) is 16.7 Å². The van der Waals surface area contributed by atoms with E-state index in [1.807, 2.05) is 6.07 Å². The molecule has 1 aliphatic heterocycles. The molecule has 0 bridgehead atoms. The predicted octanol–water partition coefficient (Wildman–Crippen LogP) is 6.46. The van der Waals surface area contributed by atoms with E-state index in [-0.39, 0.29) is 35.7 Å². The molecule has 3 aromatic rings. The number of allylic oxidation sites excluding steroid dienone is 1. The number of nitrogens with zero attached hydrogens (tertiary/aromatic N) is 3. The summed E-state index contributed by atoms with van der Waals surface area (Å²) in [7, 11) is 0. The molecule has 0 saturated heterocycles. The number of carboxylic acids is 1. The monoisotopic (exact) mass is 575 g/mol. The lowest BCUT2D eigenvalue weighted by Crippen LogP contribution is -2.50. The summed E-state index contributed by atoms with van der Waals surface area (Å²) in [5.74, 6) is -2.03. The first-order chi connectivity index (χ1) is 20.0. The summed E-state index contributed by atoms with van der Waals surface area (Å²) in [6, 6.07) is 16.2. The summed E-state index contributed by atoms with van der Waals surface area (Å²) in [4.78, 5) is 41.6. The Bertz CT molecular complexity index is 1620. The van der Waals surface area contributed by atoms with Crippen LogP contribution in [0.4, 0.5) is 23.7 Å². The molecule has 4 rings (SSSR count). The van der Waals surface area contributed by atoms with Crippen molar-refractivity contribution in [3.63, 3.8) is 0 Å². The fraction of sp³-hybridized carbons (Fsp3) is 0.161. The molecule has 11 heteroatoms. The minimum Gasteiger partial charge on any atom is -0.478 e. The molecule has 0 fully saturated rings. The molecule has 0 aromatic heterocycles. The van der Waals surface area contributed by atoms with Crippen molar-refractivity contribution >= 4 is 23.7 Å². The highest BCUT2D eigenvalue weighted by atomic mass is 19.4. The Labute approximate surface area is 239 Å². The molecule has 1 atom stereocenters. The second kappa shape index (κ2) is 12.0. The van der Waals surface area contributed by atoms with Gasteiger partial charge in [-0.1, -0.05) is 43.0 Å². The third kappa shape index (κ3) is 6.02. The summed E-state index contributed by atoms with van der Waals surface area (Å²) >= 11 is 0. The zero-order valence-corrected chi connectivity index (χ0v) is 22.3. The van der Waals surface area contributed by atoms with Crippen molar-refractivity contribution in [1.29, 1.82) is 5.26 Å². The normalized spacial score (nSPS) is 15.3. The summed E-state index contributed by atoms with van der Waals surface area (Å²) in [5.41, 5.74) is -0.0290. The number of ether oxygens (including phenoxy) is 1. The molecule has 0 spiro atoms. The molecule has 42 heavy (non-hydrogen) atoms. The van der Waals surface area contributed by atoms with Crippen molar-refractivity contribution in [2.45, 2.75) is 25.7 Å². The maximum atomic E-state index is 14.2. The Morgan fingerprint density at radius 1 is 1.10 bits per heavy atom. The van der Waals surface area contributed by atoms with Gasteiger partial charge in [0.15, 0.2) is 0 Å². The van der Waals surface area contributed by atoms with Crippen molar-refractivity contribution in [2.24, 2.45) is 0 Å². The van der Waals surface area contributed by atoms with Crippen molar-refractivity contribution in [2.75, 3.05) is 11.5 Å². The number of carbonyl (C=O) groups is 3. The first-order valence-corrected chi connectivity index (χ1v) is 12.5. The molecule has 3 aromatic carbocycles. The smallest absolute Gasteiger partial charge is 0.416 e. The number of carboxylic acid groups (broad SMARTS) is 1. The Hall–Kier alpha value is -5.37.